The molecule has 1 atom stereocenters. The Bertz CT molecular complexity index is 833. The van der Waals surface area contributed by atoms with E-state index in [2.05, 4.69) is 28.4 Å². The number of hydrogen-bond acceptors (Lipinski definition) is 3. The molecule has 2 aromatic rings. The van der Waals surface area contributed by atoms with Gasteiger partial charge in [-0.2, -0.15) is 0 Å². The van der Waals surface area contributed by atoms with Crippen LogP contribution in [-0.2, 0) is 21.5 Å². The molecule has 4 rings (SSSR count). The highest BCUT2D eigenvalue weighted by atomic mass is 19.1. The van der Waals surface area contributed by atoms with E-state index in [1.165, 1.54) is 11.6 Å². The van der Waals surface area contributed by atoms with Gasteiger partial charge in [-0.25, -0.2) is 4.39 Å². The fourth-order valence-electron chi connectivity index (χ4n) is 4.32. The summed E-state index contributed by atoms with van der Waals surface area (Å²) in [7, 11) is 0. The lowest BCUT2D eigenvalue weighted by atomic mass is 9.76. The van der Waals surface area contributed by atoms with Gasteiger partial charge < -0.3 is 15.0 Å². The molecule has 1 amide bonds. The first-order chi connectivity index (χ1) is 13.1. The van der Waals surface area contributed by atoms with E-state index in [0.717, 1.165) is 38.3 Å². The maximum Gasteiger partial charge on any atom is 0.242 e. The van der Waals surface area contributed by atoms with E-state index in [1.807, 2.05) is 13.0 Å². The van der Waals surface area contributed by atoms with Crippen molar-refractivity contribution in [2.75, 3.05) is 24.7 Å². The van der Waals surface area contributed by atoms with Gasteiger partial charge in [-0.3, -0.25) is 4.79 Å². The molecule has 1 spiro atoms. The smallest absolute Gasteiger partial charge is 0.242 e. The van der Waals surface area contributed by atoms with Crippen LogP contribution in [0.4, 0.5) is 10.1 Å². The molecule has 2 heterocycles. The maximum atomic E-state index is 13.8. The predicted octanol–water partition coefficient (Wildman–Crippen LogP) is 3.40. The molecule has 1 N–H and O–H groups in total. The van der Waals surface area contributed by atoms with Gasteiger partial charge in [0.05, 0.1) is 0 Å². The number of benzene rings is 2. The topological polar surface area (TPSA) is 41.6 Å². The number of hydrogen-bond donors (Lipinski definition) is 1. The quantitative estimate of drug-likeness (QED) is 0.899. The zero-order chi connectivity index (χ0) is 18.9. The molecule has 2 aromatic carbocycles. The lowest BCUT2D eigenvalue weighted by Gasteiger charge is -2.35. The van der Waals surface area contributed by atoms with E-state index in [4.69, 9.17) is 4.74 Å². The van der Waals surface area contributed by atoms with Crippen LogP contribution in [0.3, 0.4) is 0 Å². The van der Waals surface area contributed by atoms with Crippen LogP contribution >= 0.6 is 0 Å². The number of carbonyl (C=O) groups excluding carboxylic acids is 1. The summed E-state index contributed by atoms with van der Waals surface area (Å²) in [4.78, 5) is 15.0. The normalized spacial score (nSPS) is 19.0. The third-order valence-electron chi connectivity index (χ3n) is 5.97. The number of nitrogens with one attached hydrogen (secondary N) is 1. The maximum absolute atomic E-state index is 13.8. The molecule has 2 aliphatic heterocycles. The summed E-state index contributed by atoms with van der Waals surface area (Å²) in [6.07, 6.45) is 1.95. The predicted molar refractivity (Wildman–Crippen MR) is 103 cm³/mol. The summed E-state index contributed by atoms with van der Waals surface area (Å²) >= 11 is 0. The second-order valence-corrected chi connectivity index (χ2v) is 7.52. The van der Waals surface area contributed by atoms with Crippen LogP contribution in [0.25, 0.3) is 0 Å². The zero-order valence-electron chi connectivity index (χ0n) is 15.6. The molecule has 1 fully saturated rings. The van der Waals surface area contributed by atoms with E-state index >= 15 is 0 Å². The number of para-hydroxylation sites is 1. The van der Waals surface area contributed by atoms with E-state index < -0.39 is 0 Å². The van der Waals surface area contributed by atoms with E-state index in [-0.39, 0.29) is 29.7 Å². The first-order valence-corrected chi connectivity index (χ1v) is 9.56. The van der Waals surface area contributed by atoms with Crippen LogP contribution in [0.15, 0.2) is 48.5 Å². The number of halogens is 1. The summed E-state index contributed by atoms with van der Waals surface area (Å²) in [6.45, 7) is 4.46. The van der Waals surface area contributed by atoms with Gasteiger partial charge in [0.15, 0.2) is 0 Å². The van der Waals surface area contributed by atoms with E-state index in [0.29, 0.717) is 5.56 Å². The SMILES string of the molecule is CC(C(=O)NCc1ccccc1F)N1CC2(CCOCC2)c2ccccc21. The third kappa shape index (κ3) is 3.32. The average Bonchev–Trinajstić information content (AvgIpc) is 3.01. The first kappa shape index (κ1) is 18.0. The Morgan fingerprint density at radius 2 is 1.89 bits per heavy atom. The van der Waals surface area contributed by atoms with Gasteiger partial charge in [0.1, 0.15) is 11.9 Å². The third-order valence-corrected chi connectivity index (χ3v) is 5.97. The molecular formula is C22H25FN2O2. The molecule has 27 heavy (non-hydrogen) atoms. The molecule has 4 nitrogen and oxygen atoms in total. The van der Waals surface area contributed by atoms with Gasteiger partial charge in [-0.1, -0.05) is 36.4 Å². The standard InChI is InChI=1S/C22H25FN2O2/c1-16(21(26)24-14-17-6-2-4-8-19(17)23)25-15-22(10-12-27-13-11-22)18-7-3-5-9-20(18)25/h2-9,16H,10-15H2,1H3,(H,24,26). The number of ether oxygens (including phenoxy) is 1. The second kappa shape index (κ2) is 7.31. The number of fused-ring (bicyclic) bond motifs is 2. The molecule has 0 radical (unpaired) electrons. The second-order valence-electron chi connectivity index (χ2n) is 7.52. The Balaban J connectivity index is 1.51. The Kier molecular flexibility index (Phi) is 4.87. The molecular weight excluding hydrogens is 343 g/mol. The minimum atomic E-state index is -0.319. The fraction of sp³-hybridized carbons (Fsp3) is 0.409. The average molecular weight is 368 g/mol. The van der Waals surface area contributed by atoms with Crippen molar-refractivity contribution in [2.45, 2.75) is 37.8 Å². The Labute approximate surface area is 159 Å². The van der Waals surface area contributed by atoms with Gasteiger partial charge in [-0.05, 0) is 37.5 Å². The summed E-state index contributed by atoms with van der Waals surface area (Å²) in [6, 6.07) is 14.6. The van der Waals surface area contributed by atoms with E-state index in [1.54, 1.807) is 18.2 Å². The largest absolute Gasteiger partial charge is 0.381 e. The number of anilines is 1. The number of nitrogens with zero attached hydrogens (tertiary/aromatic N) is 1. The first-order valence-electron chi connectivity index (χ1n) is 9.56. The van der Waals surface area contributed by atoms with Crippen molar-refractivity contribution >= 4 is 11.6 Å². The molecule has 2 aliphatic rings. The molecule has 0 aliphatic carbocycles. The lowest BCUT2D eigenvalue weighted by molar-refractivity contribution is -0.122. The van der Waals surface area contributed by atoms with Crippen LogP contribution in [0, 0.1) is 5.82 Å². The van der Waals surface area contributed by atoms with Gasteiger partial charge in [-0.15, -0.1) is 0 Å². The molecule has 0 saturated carbocycles. The Morgan fingerprint density at radius 3 is 2.67 bits per heavy atom. The monoisotopic (exact) mass is 368 g/mol. The summed E-state index contributed by atoms with van der Waals surface area (Å²) in [5, 5.41) is 2.89. The van der Waals surface area contributed by atoms with Gasteiger partial charge in [0.25, 0.3) is 0 Å². The van der Waals surface area contributed by atoms with E-state index in [9.17, 15) is 9.18 Å². The molecule has 1 unspecified atom stereocenters. The summed E-state index contributed by atoms with van der Waals surface area (Å²) in [5.41, 5.74) is 3.02. The Morgan fingerprint density at radius 1 is 1.19 bits per heavy atom. The molecule has 142 valence electrons. The lowest BCUT2D eigenvalue weighted by Crippen LogP contribution is -2.47. The van der Waals surface area contributed by atoms with Crippen molar-refractivity contribution in [1.29, 1.82) is 0 Å². The fourth-order valence-corrected chi connectivity index (χ4v) is 4.32. The van der Waals surface area contributed by atoms with Crippen molar-refractivity contribution in [1.82, 2.24) is 5.32 Å². The molecule has 5 heteroatoms. The summed E-state index contributed by atoms with van der Waals surface area (Å²) < 4.78 is 19.4. The van der Waals surface area contributed by atoms with Crippen LogP contribution in [0.5, 0.6) is 0 Å². The van der Waals surface area contributed by atoms with Crippen LogP contribution in [0.1, 0.15) is 30.9 Å². The van der Waals surface area contributed by atoms with Crippen molar-refractivity contribution in [3.63, 3.8) is 0 Å². The zero-order valence-corrected chi connectivity index (χ0v) is 15.6. The highest BCUT2D eigenvalue weighted by Gasteiger charge is 2.45. The highest BCUT2D eigenvalue weighted by molar-refractivity contribution is 5.86. The van der Waals surface area contributed by atoms with Crippen molar-refractivity contribution in [3.8, 4) is 0 Å². The minimum absolute atomic E-state index is 0.0644. The van der Waals surface area contributed by atoms with Crippen molar-refractivity contribution in [2.24, 2.45) is 0 Å². The number of carbonyl (C=O) groups is 1. The van der Waals surface area contributed by atoms with Gasteiger partial charge in [0, 0.05) is 43.0 Å². The minimum Gasteiger partial charge on any atom is -0.381 e. The highest BCUT2D eigenvalue weighted by Crippen LogP contribution is 2.47. The molecule has 1 saturated heterocycles. The number of rotatable bonds is 4. The van der Waals surface area contributed by atoms with Gasteiger partial charge in [0.2, 0.25) is 5.91 Å². The van der Waals surface area contributed by atoms with Crippen LogP contribution < -0.4 is 10.2 Å². The van der Waals surface area contributed by atoms with Crippen LogP contribution in [-0.4, -0.2) is 31.7 Å². The van der Waals surface area contributed by atoms with Crippen LogP contribution in [0.2, 0.25) is 0 Å². The van der Waals surface area contributed by atoms with Crippen molar-refractivity contribution in [3.05, 3.63) is 65.5 Å². The van der Waals surface area contributed by atoms with Crippen molar-refractivity contribution < 1.29 is 13.9 Å². The molecule has 0 bridgehead atoms. The molecule has 0 aromatic heterocycles. The van der Waals surface area contributed by atoms with Gasteiger partial charge >= 0.3 is 0 Å². The Hall–Kier alpha value is -2.40. The summed E-state index contributed by atoms with van der Waals surface area (Å²) in [5.74, 6) is -0.379. The number of amides is 1.